The van der Waals surface area contributed by atoms with Crippen molar-refractivity contribution < 1.29 is 9.53 Å². The van der Waals surface area contributed by atoms with Crippen molar-refractivity contribution in [3.63, 3.8) is 0 Å². The largest absolute Gasteiger partial charge is 0.488 e. The van der Waals surface area contributed by atoms with Crippen molar-refractivity contribution in [2.45, 2.75) is 12.5 Å². The molecule has 0 saturated carbocycles. The monoisotopic (exact) mass is 320 g/mol. The molecule has 2 aromatic heterocycles. The summed E-state index contributed by atoms with van der Waals surface area (Å²) >= 11 is 0. The highest BCUT2D eigenvalue weighted by molar-refractivity contribution is 5.94. The fraction of sp³-hybridized carbons (Fsp3) is 0.167. The lowest BCUT2D eigenvalue weighted by atomic mass is 10.1. The van der Waals surface area contributed by atoms with Crippen molar-refractivity contribution in [2.75, 3.05) is 6.54 Å². The van der Waals surface area contributed by atoms with Gasteiger partial charge in [-0.25, -0.2) is 9.97 Å². The number of benzene rings is 1. The summed E-state index contributed by atoms with van der Waals surface area (Å²) < 4.78 is 7.59. The quantitative estimate of drug-likeness (QED) is 0.798. The number of imidazole rings is 1. The lowest BCUT2D eigenvalue weighted by molar-refractivity contribution is 0.0933. The normalized spacial score (nSPS) is 15.6. The number of hydrogen-bond acceptors (Lipinski definition) is 4. The lowest BCUT2D eigenvalue weighted by Gasteiger charge is -2.12. The van der Waals surface area contributed by atoms with E-state index in [9.17, 15) is 4.79 Å². The molecule has 1 atom stereocenters. The molecule has 1 N–H and O–H groups in total. The van der Waals surface area contributed by atoms with E-state index < -0.39 is 0 Å². The van der Waals surface area contributed by atoms with Gasteiger partial charge in [0, 0.05) is 30.6 Å². The number of para-hydroxylation sites is 1. The highest BCUT2D eigenvalue weighted by Gasteiger charge is 2.22. The number of carbonyl (C=O) groups is 1. The molecular weight excluding hydrogens is 304 g/mol. The smallest absolute Gasteiger partial charge is 0.251 e. The number of ether oxygens (including phenoxy) is 1. The van der Waals surface area contributed by atoms with Gasteiger partial charge >= 0.3 is 0 Å². The Hall–Kier alpha value is -3.15. The Balaban J connectivity index is 1.40. The molecule has 6 heteroatoms. The third-order valence-electron chi connectivity index (χ3n) is 3.98. The number of aromatic nitrogens is 3. The average molecular weight is 320 g/mol. The zero-order chi connectivity index (χ0) is 16.4. The Labute approximate surface area is 139 Å². The third-order valence-corrected chi connectivity index (χ3v) is 3.98. The minimum atomic E-state index is -0.140. The van der Waals surface area contributed by atoms with E-state index in [0.717, 1.165) is 12.2 Å². The molecule has 3 heterocycles. The predicted octanol–water partition coefficient (Wildman–Crippen LogP) is 2.00. The number of fused-ring (bicyclic) bond motifs is 1. The second-order valence-corrected chi connectivity index (χ2v) is 5.63. The van der Waals surface area contributed by atoms with Crippen LogP contribution in [0.2, 0.25) is 0 Å². The molecule has 0 bridgehead atoms. The van der Waals surface area contributed by atoms with Crippen LogP contribution in [0, 0.1) is 0 Å². The molecule has 6 nitrogen and oxygen atoms in total. The van der Waals surface area contributed by atoms with E-state index >= 15 is 0 Å². The summed E-state index contributed by atoms with van der Waals surface area (Å²) in [6.07, 6.45) is 7.51. The molecule has 0 saturated heterocycles. The average Bonchev–Trinajstić information content (AvgIpc) is 3.29. The summed E-state index contributed by atoms with van der Waals surface area (Å²) in [5.41, 5.74) is 1.74. The topological polar surface area (TPSA) is 69.0 Å². The maximum atomic E-state index is 12.4. The first-order chi connectivity index (χ1) is 11.8. The molecule has 0 radical (unpaired) electrons. The van der Waals surface area contributed by atoms with E-state index in [2.05, 4.69) is 21.4 Å². The fourth-order valence-corrected chi connectivity index (χ4v) is 2.77. The number of nitrogens with zero attached hydrogens (tertiary/aromatic N) is 3. The summed E-state index contributed by atoms with van der Waals surface area (Å²) in [7, 11) is 0. The second-order valence-electron chi connectivity index (χ2n) is 5.63. The van der Waals surface area contributed by atoms with Crippen LogP contribution in [0.5, 0.6) is 5.75 Å². The van der Waals surface area contributed by atoms with Crippen LogP contribution < -0.4 is 10.1 Å². The summed E-state index contributed by atoms with van der Waals surface area (Å²) in [5, 5.41) is 2.93. The van der Waals surface area contributed by atoms with Gasteiger partial charge in [0.05, 0.1) is 6.54 Å². The van der Waals surface area contributed by atoms with Crippen molar-refractivity contribution in [1.29, 1.82) is 0 Å². The van der Waals surface area contributed by atoms with Crippen molar-refractivity contribution in [2.24, 2.45) is 0 Å². The molecule has 1 amide bonds. The highest BCUT2D eigenvalue weighted by atomic mass is 16.5. The molecule has 0 aliphatic carbocycles. The molecule has 0 fully saturated rings. The fourth-order valence-electron chi connectivity index (χ4n) is 2.77. The minimum Gasteiger partial charge on any atom is -0.488 e. The molecule has 1 aliphatic heterocycles. The van der Waals surface area contributed by atoms with E-state index in [1.807, 2.05) is 18.2 Å². The van der Waals surface area contributed by atoms with Crippen LogP contribution >= 0.6 is 0 Å². The zero-order valence-electron chi connectivity index (χ0n) is 12.9. The van der Waals surface area contributed by atoms with Gasteiger partial charge in [-0.2, -0.15) is 0 Å². The van der Waals surface area contributed by atoms with Gasteiger partial charge in [-0.05, 0) is 23.8 Å². The maximum Gasteiger partial charge on any atom is 0.251 e. The predicted molar refractivity (Wildman–Crippen MR) is 88.3 cm³/mol. The van der Waals surface area contributed by atoms with E-state index in [1.165, 1.54) is 5.56 Å². The van der Waals surface area contributed by atoms with Gasteiger partial charge in [0.2, 0.25) is 0 Å². The Morgan fingerprint density at radius 3 is 3.04 bits per heavy atom. The standard InChI is InChI=1S/C18H16N4O2/c23-18(14-5-6-20-17(10-14)22-8-7-19-12-22)21-11-15-9-13-3-1-2-4-16(13)24-15/h1-8,10,12,15H,9,11H2,(H,21,23). The number of nitrogens with one attached hydrogen (secondary N) is 1. The summed E-state index contributed by atoms with van der Waals surface area (Å²) in [4.78, 5) is 20.6. The van der Waals surface area contributed by atoms with Crippen LogP contribution in [-0.4, -0.2) is 33.1 Å². The molecule has 24 heavy (non-hydrogen) atoms. The van der Waals surface area contributed by atoms with Crippen LogP contribution in [0.4, 0.5) is 0 Å². The molecule has 4 rings (SSSR count). The summed E-state index contributed by atoms with van der Waals surface area (Å²) in [6, 6.07) is 11.4. The van der Waals surface area contributed by atoms with Crippen molar-refractivity contribution in [1.82, 2.24) is 19.9 Å². The molecule has 120 valence electrons. The van der Waals surface area contributed by atoms with Crippen LogP contribution in [-0.2, 0) is 6.42 Å². The minimum absolute atomic E-state index is 0.0266. The van der Waals surface area contributed by atoms with Gasteiger partial charge in [-0.1, -0.05) is 18.2 Å². The molecule has 1 unspecified atom stereocenters. The lowest BCUT2D eigenvalue weighted by Crippen LogP contribution is -2.34. The van der Waals surface area contributed by atoms with E-state index in [0.29, 0.717) is 17.9 Å². The Bertz CT molecular complexity index is 836. The van der Waals surface area contributed by atoms with Crippen LogP contribution in [0.25, 0.3) is 5.82 Å². The van der Waals surface area contributed by atoms with Gasteiger partial charge in [0.15, 0.2) is 0 Å². The molecule has 1 aliphatic rings. The zero-order valence-corrected chi connectivity index (χ0v) is 12.9. The van der Waals surface area contributed by atoms with Crippen LogP contribution in [0.1, 0.15) is 15.9 Å². The first-order valence-corrected chi connectivity index (χ1v) is 7.77. The Morgan fingerprint density at radius 2 is 2.21 bits per heavy atom. The van der Waals surface area contributed by atoms with Crippen molar-refractivity contribution in [3.8, 4) is 11.6 Å². The number of carbonyl (C=O) groups excluding carboxylic acids is 1. The first-order valence-electron chi connectivity index (χ1n) is 7.77. The molecule has 1 aromatic carbocycles. The molecular formula is C18H16N4O2. The van der Waals surface area contributed by atoms with Gasteiger partial charge < -0.3 is 10.1 Å². The van der Waals surface area contributed by atoms with E-state index in [1.54, 1.807) is 41.6 Å². The number of hydrogen-bond donors (Lipinski definition) is 1. The highest BCUT2D eigenvalue weighted by Crippen LogP contribution is 2.27. The van der Waals surface area contributed by atoms with Crippen LogP contribution in [0.15, 0.2) is 61.3 Å². The maximum absolute atomic E-state index is 12.4. The van der Waals surface area contributed by atoms with Gasteiger partial charge in [0.25, 0.3) is 5.91 Å². The molecule has 0 spiro atoms. The number of pyridine rings is 1. The van der Waals surface area contributed by atoms with Crippen LogP contribution in [0.3, 0.4) is 0 Å². The van der Waals surface area contributed by atoms with Crippen molar-refractivity contribution >= 4 is 5.91 Å². The van der Waals surface area contributed by atoms with E-state index in [-0.39, 0.29) is 12.0 Å². The molecule has 3 aromatic rings. The Kier molecular flexibility index (Phi) is 3.70. The van der Waals surface area contributed by atoms with Gasteiger partial charge in [-0.3, -0.25) is 9.36 Å². The number of amides is 1. The second kappa shape index (κ2) is 6.16. The first kappa shape index (κ1) is 14.4. The number of rotatable bonds is 4. The summed E-state index contributed by atoms with van der Waals surface area (Å²) in [5.74, 6) is 1.42. The third kappa shape index (κ3) is 2.86. The van der Waals surface area contributed by atoms with E-state index in [4.69, 9.17) is 4.74 Å². The van der Waals surface area contributed by atoms with Gasteiger partial charge in [0.1, 0.15) is 24.0 Å². The van der Waals surface area contributed by atoms with Crippen molar-refractivity contribution in [3.05, 3.63) is 72.4 Å². The summed E-state index contributed by atoms with van der Waals surface area (Å²) in [6.45, 7) is 0.468. The Morgan fingerprint density at radius 1 is 1.29 bits per heavy atom. The SMILES string of the molecule is O=C(NCC1Cc2ccccc2O1)c1ccnc(-n2ccnc2)c1. The van der Waals surface area contributed by atoms with Gasteiger partial charge in [-0.15, -0.1) is 0 Å².